The maximum Gasteiger partial charge on any atom is 0.321 e. The number of fused-ring (bicyclic) bond motifs is 1. The van der Waals surface area contributed by atoms with Crippen molar-refractivity contribution in [1.82, 2.24) is 10.0 Å². The van der Waals surface area contributed by atoms with E-state index in [0.717, 1.165) is 59.5 Å². The summed E-state index contributed by atoms with van der Waals surface area (Å²) in [5.74, 6) is -0.702. The highest BCUT2D eigenvalue weighted by molar-refractivity contribution is 6.05. The lowest BCUT2D eigenvalue weighted by atomic mass is 9.85. The summed E-state index contributed by atoms with van der Waals surface area (Å²) in [7, 11) is 0.987. The summed E-state index contributed by atoms with van der Waals surface area (Å²) < 4.78 is 13.9. The predicted molar refractivity (Wildman–Crippen MR) is 159 cm³/mol. The molecule has 0 radical (unpaired) electrons. The number of hydrogen-bond acceptors (Lipinski definition) is 4. The van der Waals surface area contributed by atoms with Gasteiger partial charge in [-0.2, -0.15) is 5.12 Å². The van der Waals surface area contributed by atoms with Crippen LogP contribution in [0.2, 0.25) is 0 Å². The smallest absolute Gasteiger partial charge is 0.321 e. The second-order valence-corrected chi connectivity index (χ2v) is 10.5. The number of anilines is 2. The molecule has 1 atom stereocenters. The number of nitrogens with one attached hydrogen (secondary N) is 1. The quantitative estimate of drug-likeness (QED) is 0.252. The normalized spacial score (nSPS) is 14.4. The van der Waals surface area contributed by atoms with Crippen LogP contribution in [0.4, 0.5) is 20.7 Å². The van der Waals surface area contributed by atoms with Gasteiger partial charge in [0.2, 0.25) is 6.41 Å². The third kappa shape index (κ3) is 6.56. The van der Waals surface area contributed by atoms with Gasteiger partial charge in [-0.15, -0.1) is 0 Å². The lowest BCUT2D eigenvalue weighted by molar-refractivity contribution is -0.145. The van der Waals surface area contributed by atoms with Gasteiger partial charge in [0, 0.05) is 37.6 Å². The molecule has 0 spiro atoms. The third-order valence-electron chi connectivity index (χ3n) is 7.94. The van der Waals surface area contributed by atoms with E-state index >= 15 is 0 Å². The Labute approximate surface area is 240 Å². The van der Waals surface area contributed by atoms with E-state index < -0.39 is 11.9 Å². The van der Waals surface area contributed by atoms with Crippen molar-refractivity contribution in [3.05, 3.63) is 71.3 Å². The molecular weight excluding hydrogens is 523 g/mol. The fourth-order valence-electron chi connectivity index (χ4n) is 5.74. The van der Waals surface area contributed by atoms with Crippen molar-refractivity contribution < 1.29 is 23.7 Å². The zero-order chi connectivity index (χ0) is 29.5. The number of halogens is 1. The Hall–Kier alpha value is -4.27. The topological polar surface area (TPSA) is 90.0 Å². The van der Waals surface area contributed by atoms with Crippen molar-refractivity contribution in [1.29, 1.82) is 0 Å². The minimum atomic E-state index is -1.15. The first-order chi connectivity index (χ1) is 19.8. The van der Waals surface area contributed by atoms with Crippen LogP contribution < -0.4 is 10.2 Å². The number of amides is 4. The van der Waals surface area contributed by atoms with E-state index in [1.54, 1.807) is 6.07 Å². The summed E-state index contributed by atoms with van der Waals surface area (Å²) >= 11 is 0. The van der Waals surface area contributed by atoms with E-state index in [-0.39, 0.29) is 29.9 Å². The van der Waals surface area contributed by atoms with Gasteiger partial charge in [0.05, 0.1) is 5.69 Å². The molecule has 0 aliphatic carbocycles. The van der Waals surface area contributed by atoms with Crippen LogP contribution in [-0.2, 0) is 20.8 Å². The number of aldehydes is 1. The Morgan fingerprint density at radius 3 is 2.49 bits per heavy atom. The standard InChI is InChI=1S/C32H37FN4O4/c1-4-23-9-6-10-25(20-23)34-32(41)36-17-15-24(16-18-36)26-13-14-28(30-22(2)8-5-11-27(26)30)37(21-39)29(12-7-19-38)31(40)35(3)33/h5-6,8-11,13-14,19-21,24,29H,4,7,12,15-18H2,1-3H3,(H,34,41). The summed E-state index contributed by atoms with van der Waals surface area (Å²) in [4.78, 5) is 52.1. The number of piperidine rings is 1. The van der Waals surface area contributed by atoms with Crippen LogP contribution in [0.1, 0.15) is 55.2 Å². The van der Waals surface area contributed by atoms with E-state index in [1.165, 1.54) is 4.90 Å². The first-order valence-electron chi connectivity index (χ1n) is 14.1. The number of aryl methyl sites for hydroxylation is 2. The highest BCUT2D eigenvalue weighted by Gasteiger charge is 2.31. The number of carbonyl (C=O) groups excluding carboxylic acids is 4. The molecule has 4 amide bonds. The minimum absolute atomic E-state index is 0.00766. The molecule has 4 rings (SSSR count). The van der Waals surface area contributed by atoms with Crippen molar-refractivity contribution in [3.63, 3.8) is 0 Å². The average molecular weight is 561 g/mol. The molecule has 1 N–H and O–H groups in total. The molecule has 1 heterocycles. The van der Waals surface area contributed by atoms with E-state index in [1.807, 2.05) is 60.4 Å². The van der Waals surface area contributed by atoms with Crippen LogP contribution in [0, 0.1) is 6.92 Å². The van der Waals surface area contributed by atoms with Gasteiger partial charge in [0.25, 0.3) is 5.91 Å². The van der Waals surface area contributed by atoms with Crippen LogP contribution >= 0.6 is 0 Å². The molecule has 216 valence electrons. The molecule has 0 bridgehead atoms. The number of carbonyl (C=O) groups is 4. The fraction of sp³-hybridized carbons (Fsp3) is 0.375. The van der Waals surface area contributed by atoms with Crippen LogP contribution in [-0.4, -0.2) is 60.8 Å². The highest BCUT2D eigenvalue weighted by atomic mass is 19.2. The molecule has 1 fully saturated rings. The number of likely N-dealkylation sites (tertiary alicyclic amines) is 1. The van der Waals surface area contributed by atoms with Crippen molar-refractivity contribution in [2.45, 2.75) is 57.9 Å². The molecule has 1 unspecified atom stereocenters. The SMILES string of the molecule is CCc1cccc(NC(=O)N2CCC(c3ccc(N(C=O)C(CCC=O)C(=O)N(C)F)c4c(C)cccc34)CC2)c1. The van der Waals surface area contributed by atoms with Crippen molar-refractivity contribution in [2.75, 3.05) is 30.4 Å². The summed E-state index contributed by atoms with van der Waals surface area (Å²) in [5, 5.41) is 4.73. The second kappa shape index (κ2) is 13.4. The van der Waals surface area contributed by atoms with Crippen LogP contribution in [0.15, 0.2) is 54.6 Å². The average Bonchev–Trinajstić information content (AvgIpc) is 2.99. The maximum atomic E-state index is 13.9. The van der Waals surface area contributed by atoms with Gasteiger partial charge in [-0.3, -0.25) is 9.59 Å². The fourth-order valence-corrected chi connectivity index (χ4v) is 5.74. The zero-order valence-corrected chi connectivity index (χ0v) is 23.8. The van der Waals surface area contributed by atoms with Gasteiger partial charge >= 0.3 is 6.03 Å². The summed E-state index contributed by atoms with van der Waals surface area (Å²) in [6.45, 7) is 5.21. The number of benzene rings is 3. The van der Waals surface area contributed by atoms with Gasteiger partial charge in [-0.25, -0.2) is 4.79 Å². The molecule has 3 aromatic rings. The first-order valence-corrected chi connectivity index (χ1v) is 14.1. The van der Waals surface area contributed by atoms with Gasteiger partial charge < -0.3 is 19.9 Å². The molecule has 0 aromatic heterocycles. The third-order valence-corrected chi connectivity index (χ3v) is 7.94. The summed E-state index contributed by atoms with van der Waals surface area (Å²) in [6, 6.07) is 16.2. The first kappa shape index (κ1) is 29.7. The van der Waals surface area contributed by atoms with Crippen LogP contribution in [0.5, 0.6) is 0 Å². The number of likely N-dealkylation sites (N-methyl/N-ethyl adjacent to an activating group) is 1. The number of hydrogen-bond donors (Lipinski definition) is 1. The van der Waals surface area contributed by atoms with Gasteiger partial charge in [-0.05, 0) is 78.8 Å². The van der Waals surface area contributed by atoms with E-state index in [0.29, 0.717) is 31.5 Å². The lowest BCUT2D eigenvalue weighted by Crippen LogP contribution is -2.45. The molecule has 9 heteroatoms. The second-order valence-electron chi connectivity index (χ2n) is 10.5. The Kier molecular flexibility index (Phi) is 9.70. The molecule has 1 aliphatic heterocycles. The van der Waals surface area contributed by atoms with Crippen LogP contribution in [0.25, 0.3) is 10.8 Å². The Morgan fingerprint density at radius 1 is 1.10 bits per heavy atom. The molecule has 0 saturated carbocycles. The van der Waals surface area contributed by atoms with Crippen molar-refractivity contribution >= 4 is 46.8 Å². The maximum absolute atomic E-state index is 13.9. The molecular formula is C32H37FN4O4. The van der Waals surface area contributed by atoms with Gasteiger partial charge in [-0.1, -0.05) is 47.8 Å². The zero-order valence-electron chi connectivity index (χ0n) is 23.8. The summed E-state index contributed by atoms with van der Waals surface area (Å²) in [5.41, 5.74) is 4.46. The van der Waals surface area contributed by atoms with E-state index in [4.69, 9.17) is 0 Å². The molecule has 1 aliphatic rings. The van der Waals surface area contributed by atoms with Gasteiger partial charge in [0.1, 0.15) is 12.3 Å². The predicted octanol–water partition coefficient (Wildman–Crippen LogP) is 5.78. The van der Waals surface area contributed by atoms with E-state index in [9.17, 15) is 23.7 Å². The minimum Gasteiger partial charge on any atom is -0.324 e. The monoisotopic (exact) mass is 560 g/mol. The van der Waals surface area contributed by atoms with Crippen molar-refractivity contribution in [2.24, 2.45) is 0 Å². The molecule has 3 aromatic carbocycles. The Balaban J connectivity index is 1.58. The largest absolute Gasteiger partial charge is 0.324 e. The Bertz CT molecular complexity index is 1420. The number of rotatable bonds is 10. The van der Waals surface area contributed by atoms with Crippen molar-refractivity contribution in [3.8, 4) is 0 Å². The number of nitrogens with zero attached hydrogens (tertiary/aromatic N) is 3. The van der Waals surface area contributed by atoms with Gasteiger partial charge in [0.15, 0.2) is 0 Å². The molecule has 41 heavy (non-hydrogen) atoms. The summed E-state index contributed by atoms with van der Waals surface area (Å²) in [6.07, 6.45) is 3.65. The Morgan fingerprint density at radius 2 is 1.83 bits per heavy atom. The van der Waals surface area contributed by atoms with Crippen LogP contribution in [0.3, 0.4) is 0 Å². The molecule has 1 saturated heterocycles. The highest BCUT2D eigenvalue weighted by Crippen LogP contribution is 2.39. The van der Waals surface area contributed by atoms with E-state index in [2.05, 4.69) is 12.2 Å². The number of urea groups is 1. The molecule has 8 nitrogen and oxygen atoms in total. The lowest BCUT2D eigenvalue weighted by Gasteiger charge is -2.34.